The van der Waals surface area contributed by atoms with Gasteiger partial charge >= 0.3 is 0 Å². The third-order valence-electron chi connectivity index (χ3n) is 0.383. The lowest BCUT2D eigenvalue weighted by molar-refractivity contribution is 1.77. The van der Waals surface area contributed by atoms with Gasteiger partial charge in [-0.1, -0.05) is 24.8 Å². The first-order valence-electron chi connectivity index (χ1n) is 1.82. The van der Waals surface area contributed by atoms with Crippen molar-refractivity contribution in [1.82, 2.24) is 0 Å². The first-order chi connectivity index (χ1) is 2.91. The zero-order valence-electron chi connectivity index (χ0n) is 3.72. The molecule has 0 saturated carbocycles. The van der Waals surface area contributed by atoms with Crippen LogP contribution in [0.2, 0.25) is 0 Å². The Labute approximate surface area is 39.2 Å². The van der Waals surface area contributed by atoms with Crippen LogP contribution < -0.4 is 0 Å². The van der Waals surface area contributed by atoms with E-state index >= 15 is 0 Å². The Morgan fingerprint density at radius 3 is 2.00 bits per heavy atom. The van der Waals surface area contributed by atoms with E-state index < -0.39 is 0 Å². The fraction of sp³-hybridized carbons (Fsp3) is 0. The number of hydrogen-bond acceptors (Lipinski definition) is 0. The van der Waals surface area contributed by atoms with E-state index in [2.05, 4.69) is 13.5 Å². The highest BCUT2D eigenvalue weighted by molar-refractivity contribution is 5.04. The van der Waals surface area contributed by atoms with Crippen LogP contribution in [-0.2, 0) is 0 Å². The van der Waals surface area contributed by atoms with Crippen molar-refractivity contribution in [2.75, 3.05) is 0 Å². The van der Waals surface area contributed by atoms with Gasteiger partial charge in [0.1, 0.15) is 0 Å². The van der Waals surface area contributed by atoms with E-state index in [1.54, 1.807) is 12.5 Å². The Kier molecular flexibility index (Phi) is 4.09. The van der Waals surface area contributed by atoms with Gasteiger partial charge in [-0.05, 0) is 13.3 Å². The molecule has 0 atom stereocenters. The predicted octanol–water partition coefficient (Wildman–Crippen LogP) is 1.77. The Morgan fingerprint density at radius 2 is 1.83 bits per heavy atom. The third-order valence-corrected chi connectivity index (χ3v) is 0.383. The van der Waals surface area contributed by atoms with Gasteiger partial charge in [0, 0.05) is 0 Å². The van der Waals surface area contributed by atoms with Crippen LogP contribution in [0.1, 0.15) is 0 Å². The lowest BCUT2D eigenvalue weighted by Crippen LogP contribution is -1.48. The summed E-state index contributed by atoms with van der Waals surface area (Å²) in [5.41, 5.74) is 0. The minimum absolute atomic E-state index is 1.71. The molecule has 0 aliphatic carbocycles. The van der Waals surface area contributed by atoms with Crippen molar-refractivity contribution in [3.8, 4) is 0 Å². The van der Waals surface area contributed by atoms with Crippen molar-refractivity contribution in [2.45, 2.75) is 0 Å². The zero-order valence-corrected chi connectivity index (χ0v) is 3.72. The smallest absolute Gasteiger partial charge is 0.0167 e. The first kappa shape index (κ1) is 5.48. The van der Waals surface area contributed by atoms with Crippen LogP contribution in [0, 0.1) is 13.3 Å². The number of rotatable bonds is 2. The standard InChI is InChI=1S/C6H8/c1-3-5-6-4-2/h3-6H,1-2H2/b6-5+. The first-order valence-corrected chi connectivity index (χ1v) is 1.82. The molecular weight excluding hydrogens is 72.1 g/mol. The average molecular weight is 80.1 g/mol. The maximum absolute atomic E-state index is 3.46. The second kappa shape index (κ2) is 4.48. The molecule has 0 spiro atoms. The SMILES string of the molecule is [CH2][CH]/C=C/C=C. The minimum atomic E-state index is 1.71. The van der Waals surface area contributed by atoms with Crippen molar-refractivity contribution >= 4 is 0 Å². The van der Waals surface area contributed by atoms with Crippen LogP contribution in [0.3, 0.4) is 0 Å². The molecule has 2 radical (unpaired) electrons. The Balaban J connectivity index is 2.94. The summed E-state index contributed by atoms with van der Waals surface area (Å²) in [7, 11) is 0. The van der Waals surface area contributed by atoms with E-state index in [1.807, 2.05) is 12.2 Å². The lowest BCUT2D eigenvalue weighted by Gasteiger charge is -1.66. The number of hydrogen-bond donors (Lipinski definition) is 0. The van der Waals surface area contributed by atoms with E-state index in [1.165, 1.54) is 0 Å². The van der Waals surface area contributed by atoms with Gasteiger partial charge in [0.2, 0.25) is 0 Å². The van der Waals surface area contributed by atoms with Gasteiger partial charge in [-0.3, -0.25) is 0 Å². The van der Waals surface area contributed by atoms with Crippen LogP contribution in [0.15, 0.2) is 24.8 Å². The van der Waals surface area contributed by atoms with E-state index in [0.717, 1.165) is 0 Å². The van der Waals surface area contributed by atoms with Gasteiger partial charge < -0.3 is 0 Å². The van der Waals surface area contributed by atoms with Gasteiger partial charge in [0.15, 0.2) is 0 Å². The normalized spacial score (nSPS) is 9.50. The molecule has 0 nitrogen and oxygen atoms in total. The summed E-state index contributed by atoms with van der Waals surface area (Å²) >= 11 is 0. The molecule has 0 amide bonds. The van der Waals surface area contributed by atoms with E-state index in [9.17, 15) is 0 Å². The topological polar surface area (TPSA) is 0 Å². The molecule has 0 unspecified atom stereocenters. The molecule has 0 bridgehead atoms. The van der Waals surface area contributed by atoms with Crippen molar-refractivity contribution in [3.05, 3.63) is 38.2 Å². The highest BCUT2D eigenvalue weighted by atomic mass is 13.6. The molecule has 0 saturated heterocycles. The van der Waals surface area contributed by atoms with Crippen LogP contribution in [0.5, 0.6) is 0 Å². The molecule has 0 rings (SSSR count). The lowest BCUT2D eigenvalue weighted by atomic mass is 10.4. The molecule has 6 heavy (non-hydrogen) atoms. The van der Waals surface area contributed by atoms with Crippen molar-refractivity contribution in [2.24, 2.45) is 0 Å². The molecule has 0 heterocycles. The maximum atomic E-state index is 3.46. The monoisotopic (exact) mass is 80.1 g/mol. The highest BCUT2D eigenvalue weighted by Crippen LogP contribution is 1.74. The molecule has 0 heteroatoms. The molecule has 0 aromatic rings. The summed E-state index contributed by atoms with van der Waals surface area (Å²) in [4.78, 5) is 0. The maximum Gasteiger partial charge on any atom is -0.0167 e. The second-order valence-corrected chi connectivity index (χ2v) is 0.856. The molecular formula is C6H8. The summed E-state index contributed by atoms with van der Waals surface area (Å²) < 4.78 is 0. The van der Waals surface area contributed by atoms with E-state index in [-0.39, 0.29) is 0 Å². The summed E-state index contributed by atoms with van der Waals surface area (Å²) in [6.07, 6.45) is 7.07. The van der Waals surface area contributed by atoms with E-state index in [0.29, 0.717) is 0 Å². The minimum Gasteiger partial charge on any atom is -0.0991 e. The molecule has 0 aromatic heterocycles. The fourth-order valence-corrected chi connectivity index (χ4v) is 0.157. The van der Waals surface area contributed by atoms with Gasteiger partial charge in [-0.2, -0.15) is 0 Å². The molecule has 0 aliphatic heterocycles. The average Bonchev–Trinajstić information content (AvgIpc) is 1.61. The van der Waals surface area contributed by atoms with E-state index in [4.69, 9.17) is 0 Å². The van der Waals surface area contributed by atoms with Crippen molar-refractivity contribution in [1.29, 1.82) is 0 Å². The molecule has 0 fully saturated rings. The van der Waals surface area contributed by atoms with Gasteiger partial charge in [0.05, 0.1) is 0 Å². The third kappa shape index (κ3) is 3.48. The largest absolute Gasteiger partial charge is 0.0991 e. The summed E-state index contributed by atoms with van der Waals surface area (Å²) in [6, 6.07) is 0. The van der Waals surface area contributed by atoms with Gasteiger partial charge in [-0.15, -0.1) is 0 Å². The zero-order chi connectivity index (χ0) is 4.83. The van der Waals surface area contributed by atoms with Crippen LogP contribution in [0.25, 0.3) is 0 Å². The highest BCUT2D eigenvalue weighted by Gasteiger charge is 1.56. The van der Waals surface area contributed by atoms with Crippen LogP contribution >= 0.6 is 0 Å². The van der Waals surface area contributed by atoms with Crippen molar-refractivity contribution in [3.63, 3.8) is 0 Å². The van der Waals surface area contributed by atoms with Crippen molar-refractivity contribution < 1.29 is 0 Å². The summed E-state index contributed by atoms with van der Waals surface area (Å²) in [5, 5.41) is 0. The Morgan fingerprint density at radius 1 is 1.17 bits per heavy atom. The molecule has 0 aromatic carbocycles. The number of allylic oxidation sites excluding steroid dienone is 3. The van der Waals surface area contributed by atoms with Gasteiger partial charge in [0.25, 0.3) is 0 Å². The molecule has 0 N–H and O–H groups in total. The molecule has 32 valence electrons. The summed E-state index contributed by atoms with van der Waals surface area (Å²) in [6.45, 7) is 6.93. The Bertz CT molecular complexity index is 51.1. The summed E-state index contributed by atoms with van der Waals surface area (Å²) in [5.74, 6) is 0. The van der Waals surface area contributed by atoms with Crippen LogP contribution in [-0.4, -0.2) is 0 Å². The van der Waals surface area contributed by atoms with Crippen LogP contribution in [0.4, 0.5) is 0 Å². The molecule has 0 aliphatic rings. The Hall–Kier alpha value is -0.520. The van der Waals surface area contributed by atoms with Gasteiger partial charge in [-0.25, -0.2) is 0 Å². The quantitative estimate of drug-likeness (QED) is 0.443. The predicted molar refractivity (Wildman–Crippen MR) is 29.0 cm³/mol. The fourth-order valence-electron chi connectivity index (χ4n) is 0.157. The second-order valence-electron chi connectivity index (χ2n) is 0.856.